The number of amides is 1. The van der Waals surface area contributed by atoms with Gasteiger partial charge in [-0.1, -0.05) is 47.1 Å². The van der Waals surface area contributed by atoms with Crippen molar-refractivity contribution in [2.24, 2.45) is 7.05 Å². The van der Waals surface area contributed by atoms with Crippen LogP contribution in [-0.4, -0.2) is 27.7 Å². The van der Waals surface area contributed by atoms with Crippen molar-refractivity contribution >= 4 is 40.1 Å². The van der Waals surface area contributed by atoms with Gasteiger partial charge in [-0.15, -0.1) is 0 Å². The number of pyridine rings is 1. The molecule has 1 atom stereocenters. The van der Waals surface area contributed by atoms with Crippen LogP contribution in [-0.2, 0) is 16.6 Å². The SMILES string of the molecule is Cc1cc(NC(=O)C(C)OC(=O)c2c(-c3ccc(Cl)cc3)c3ccccc3c(=O)n2C)no1. The molecule has 2 heterocycles. The Labute approximate surface area is 193 Å². The highest BCUT2D eigenvalue weighted by molar-refractivity contribution is 6.30. The number of aromatic nitrogens is 2. The minimum atomic E-state index is -1.16. The van der Waals surface area contributed by atoms with Crippen LogP contribution >= 0.6 is 11.6 Å². The molecule has 0 aliphatic carbocycles. The van der Waals surface area contributed by atoms with Crippen LogP contribution in [0.15, 0.2) is 63.9 Å². The monoisotopic (exact) mass is 465 g/mol. The van der Waals surface area contributed by atoms with Crippen LogP contribution in [0.1, 0.15) is 23.2 Å². The van der Waals surface area contributed by atoms with Crippen LogP contribution in [0.5, 0.6) is 0 Å². The molecule has 168 valence electrons. The number of nitrogens with zero attached hydrogens (tertiary/aromatic N) is 2. The number of hydrogen-bond acceptors (Lipinski definition) is 6. The lowest BCUT2D eigenvalue weighted by molar-refractivity contribution is -0.123. The fraction of sp³-hybridized carbons (Fsp3) is 0.167. The lowest BCUT2D eigenvalue weighted by Gasteiger charge is -2.18. The number of halogens is 1. The topological polar surface area (TPSA) is 103 Å². The number of nitrogens with one attached hydrogen (secondary N) is 1. The average molecular weight is 466 g/mol. The normalized spacial score (nSPS) is 11.9. The van der Waals surface area contributed by atoms with Gasteiger partial charge in [0.25, 0.3) is 11.5 Å². The van der Waals surface area contributed by atoms with Crippen LogP contribution in [0, 0.1) is 6.92 Å². The Balaban J connectivity index is 1.76. The molecule has 1 unspecified atom stereocenters. The second-order valence-corrected chi connectivity index (χ2v) is 7.94. The Bertz CT molecular complexity index is 1420. The minimum Gasteiger partial charge on any atom is -0.448 e. The molecule has 4 rings (SSSR count). The lowest BCUT2D eigenvalue weighted by atomic mass is 9.96. The van der Waals surface area contributed by atoms with E-state index in [2.05, 4.69) is 10.5 Å². The highest BCUT2D eigenvalue weighted by Gasteiger charge is 2.26. The number of carbonyl (C=O) groups excluding carboxylic acids is 2. The van der Waals surface area contributed by atoms with E-state index >= 15 is 0 Å². The van der Waals surface area contributed by atoms with E-state index in [9.17, 15) is 14.4 Å². The van der Waals surface area contributed by atoms with Crippen molar-refractivity contribution in [2.45, 2.75) is 20.0 Å². The van der Waals surface area contributed by atoms with Crippen molar-refractivity contribution in [2.75, 3.05) is 5.32 Å². The van der Waals surface area contributed by atoms with E-state index in [1.54, 1.807) is 55.5 Å². The van der Waals surface area contributed by atoms with Gasteiger partial charge < -0.3 is 19.1 Å². The summed E-state index contributed by atoms with van der Waals surface area (Å²) in [6.07, 6.45) is -1.16. The van der Waals surface area contributed by atoms with Crippen LogP contribution in [0.4, 0.5) is 5.82 Å². The Morgan fingerprint density at radius 1 is 1.12 bits per heavy atom. The summed E-state index contributed by atoms with van der Waals surface area (Å²) in [5, 5.41) is 7.79. The number of benzene rings is 2. The first kappa shape index (κ1) is 22.3. The molecule has 0 aliphatic rings. The number of carbonyl (C=O) groups is 2. The van der Waals surface area contributed by atoms with Crippen molar-refractivity contribution < 1.29 is 18.8 Å². The van der Waals surface area contributed by atoms with E-state index in [0.29, 0.717) is 32.7 Å². The van der Waals surface area contributed by atoms with Crippen molar-refractivity contribution in [1.82, 2.24) is 9.72 Å². The molecular weight excluding hydrogens is 446 g/mol. The third-order valence-corrected chi connectivity index (χ3v) is 5.41. The van der Waals surface area contributed by atoms with Crippen molar-refractivity contribution in [3.63, 3.8) is 0 Å². The van der Waals surface area contributed by atoms with E-state index in [0.717, 1.165) is 0 Å². The number of fused-ring (bicyclic) bond motifs is 1. The molecular formula is C24H20ClN3O5. The van der Waals surface area contributed by atoms with Crippen LogP contribution in [0.3, 0.4) is 0 Å². The maximum absolute atomic E-state index is 13.3. The zero-order chi connectivity index (χ0) is 23.7. The summed E-state index contributed by atoms with van der Waals surface area (Å²) < 4.78 is 11.6. The Hall–Kier alpha value is -3.91. The fourth-order valence-corrected chi connectivity index (χ4v) is 3.66. The van der Waals surface area contributed by atoms with Gasteiger partial charge >= 0.3 is 5.97 Å². The van der Waals surface area contributed by atoms with Crippen molar-refractivity contribution in [3.05, 3.63) is 81.4 Å². The number of anilines is 1. The predicted octanol–water partition coefficient (Wildman–Crippen LogP) is 4.34. The molecule has 0 fully saturated rings. The molecule has 0 radical (unpaired) electrons. The lowest BCUT2D eigenvalue weighted by Crippen LogP contribution is -2.33. The van der Waals surface area contributed by atoms with Gasteiger partial charge in [0.05, 0.1) is 0 Å². The van der Waals surface area contributed by atoms with Gasteiger partial charge in [-0.05, 0) is 43.0 Å². The Morgan fingerprint density at radius 2 is 1.79 bits per heavy atom. The number of esters is 1. The third kappa shape index (κ3) is 4.38. The summed E-state index contributed by atoms with van der Waals surface area (Å²) in [4.78, 5) is 38.8. The molecule has 0 spiro atoms. The highest BCUT2D eigenvalue weighted by Crippen LogP contribution is 2.32. The molecule has 8 nitrogen and oxygen atoms in total. The average Bonchev–Trinajstić information content (AvgIpc) is 3.21. The molecule has 33 heavy (non-hydrogen) atoms. The van der Waals surface area contributed by atoms with Crippen LogP contribution in [0.2, 0.25) is 5.02 Å². The molecule has 0 bridgehead atoms. The van der Waals surface area contributed by atoms with E-state index in [4.69, 9.17) is 20.9 Å². The van der Waals surface area contributed by atoms with E-state index in [-0.39, 0.29) is 17.1 Å². The van der Waals surface area contributed by atoms with Gasteiger partial charge in [0.15, 0.2) is 11.9 Å². The fourth-order valence-electron chi connectivity index (χ4n) is 3.54. The quantitative estimate of drug-likeness (QED) is 0.440. The molecule has 1 N–H and O–H groups in total. The maximum Gasteiger partial charge on any atom is 0.356 e. The summed E-state index contributed by atoms with van der Waals surface area (Å²) in [6, 6.07) is 15.4. The summed E-state index contributed by atoms with van der Waals surface area (Å²) >= 11 is 6.04. The van der Waals surface area contributed by atoms with Gasteiger partial charge in [-0.3, -0.25) is 9.59 Å². The van der Waals surface area contributed by atoms with Gasteiger partial charge in [0, 0.05) is 29.1 Å². The minimum absolute atomic E-state index is 0.0259. The number of ether oxygens (including phenoxy) is 1. The van der Waals surface area contributed by atoms with Crippen molar-refractivity contribution in [1.29, 1.82) is 0 Å². The standard InChI is InChI=1S/C24H20ClN3O5/c1-13-12-19(27-33-13)26-22(29)14(2)32-24(31)21-20(15-8-10-16(25)11-9-15)17-6-4-5-7-18(17)23(30)28(21)3/h4-12,14H,1-3H3,(H,26,27,29). The van der Waals surface area contributed by atoms with Gasteiger partial charge in [-0.25, -0.2) is 4.79 Å². The second-order valence-electron chi connectivity index (χ2n) is 7.50. The first-order valence-electron chi connectivity index (χ1n) is 10.1. The molecule has 2 aromatic heterocycles. The second kappa shape index (κ2) is 8.91. The zero-order valence-corrected chi connectivity index (χ0v) is 18.8. The van der Waals surface area contributed by atoms with Crippen LogP contribution in [0.25, 0.3) is 21.9 Å². The van der Waals surface area contributed by atoms with E-state index in [1.165, 1.54) is 24.6 Å². The highest BCUT2D eigenvalue weighted by atomic mass is 35.5. The van der Waals surface area contributed by atoms with Crippen molar-refractivity contribution in [3.8, 4) is 11.1 Å². The van der Waals surface area contributed by atoms with Crippen LogP contribution < -0.4 is 10.9 Å². The van der Waals surface area contributed by atoms with Gasteiger partial charge in [0.1, 0.15) is 11.5 Å². The predicted molar refractivity (Wildman–Crippen MR) is 124 cm³/mol. The van der Waals surface area contributed by atoms with E-state index < -0.39 is 18.0 Å². The molecule has 0 saturated heterocycles. The van der Waals surface area contributed by atoms with Gasteiger partial charge in [-0.2, -0.15) is 0 Å². The molecule has 1 amide bonds. The number of hydrogen-bond donors (Lipinski definition) is 1. The summed E-state index contributed by atoms with van der Waals surface area (Å²) in [5.41, 5.74) is 0.853. The molecule has 2 aromatic carbocycles. The number of aryl methyl sites for hydroxylation is 1. The first-order valence-corrected chi connectivity index (χ1v) is 10.5. The molecule has 4 aromatic rings. The summed E-state index contributed by atoms with van der Waals surface area (Å²) in [5.74, 6) is -0.672. The third-order valence-electron chi connectivity index (χ3n) is 5.16. The first-order chi connectivity index (χ1) is 15.8. The summed E-state index contributed by atoms with van der Waals surface area (Å²) in [7, 11) is 1.49. The Kier molecular flexibility index (Phi) is 6.02. The smallest absolute Gasteiger partial charge is 0.356 e. The maximum atomic E-state index is 13.3. The molecule has 9 heteroatoms. The Morgan fingerprint density at radius 3 is 2.42 bits per heavy atom. The number of rotatable bonds is 5. The molecule has 0 aliphatic heterocycles. The molecule has 0 saturated carbocycles. The summed E-state index contributed by atoms with van der Waals surface area (Å²) in [6.45, 7) is 3.12. The largest absolute Gasteiger partial charge is 0.448 e. The van der Waals surface area contributed by atoms with E-state index in [1.807, 2.05) is 0 Å². The van der Waals surface area contributed by atoms with Gasteiger partial charge in [0.2, 0.25) is 0 Å². The zero-order valence-electron chi connectivity index (χ0n) is 18.1.